The van der Waals surface area contributed by atoms with Crippen molar-refractivity contribution in [2.75, 3.05) is 12.4 Å². The molecule has 0 aromatic rings. The van der Waals surface area contributed by atoms with Crippen molar-refractivity contribution < 1.29 is 0 Å². The number of hydrogen-bond acceptors (Lipinski definition) is 1. The summed E-state index contributed by atoms with van der Waals surface area (Å²) in [5, 5.41) is 3.41. The Balaban J connectivity index is 3.58. The molecule has 0 radical (unpaired) electrons. The summed E-state index contributed by atoms with van der Waals surface area (Å²) in [5.74, 6) is 0.603. The fraction of sp³-hybridized carbons (Fsp3) is 0.800. The lowest BCUT2D eigenvalue weighted by Crippen LogP contribution is -2.37. The van der Waals surface area contributed by atoms with Crippen LogP contribution in [0.2, 0.25) is 0 Å². The zero-order chi connectivity index (χ0) is 9.61. The molecule has 0 amide bonds. The van der Waals surface area contributed by atoms with E-state index >= 15 is 0 Å². The fourth-order valence-electron chi connectivity index (χ4n) is 0.697. The Morgan fingerprint density at radius 1 is 1.33 bits per heavy atom. The largest absolute Gasteiger partial charge is 0.310 e. The normalized spacial score (nSPS) is 15.4. The standard InChI is InChI=1S/C10H20ClN/c1-9(10(2,3)4)12-8-6-5-7-11/h5-6,9,12H,7-8H2,1-4H3/b6-5+. The monoisotopic (exact) mass is 189 g/mol. The van der Waals surface area contributed by atoms with Gasteiger partial charge in [-0.1, -0.05) is 32.9 Å². The highest BCUT2D eigenvalue weighted by molar-refractivity contribution is 6.18. The average Bonchev–Trinajstić information content (AvgIpc) is 1.96. The molecule has 1 nitrogen and oxygen atoms in total. The van der Waals surface area contributed by atoms with Gasteiger partial charge in [0.15, 0.2) is 0 Å². The average molecular weight is 190 g/mol. The second-order valence-electron chi connectivity index (χ2n) is 4.12. The van der Waals surface area contributed by atoms with Gasteiger partial charge in [0.1, 0.15) is 0 Å². The van der Waals surface area contributed by atoms with Gasteiger partial charge >= 0.3 is 0 Å². The Labute approximate surface area is 81.2 Å². The van der Waals surface area contributed by atoms with Crippen molar-refractivity contribution in [2.24, 2.45) is 5.41 Å². The van der Waals surface area contributed by atoms with E-state index in [1.807, 2.05) is 6.08 Å². The topological polar surface area (TPSA) is 12.0 Å². The summed E-state index contributed by atoms with van der Waals surface area (Å²) < 4.78 is 0. The van der Waals surface area contributed by atoms with E-state index in [-0.39, 0.29) is 0 Å². The number of hydrogen-bond donors (Lipinski definition) is 1. The van der Waals surface area contributed by atoms with Crippen LogP contribution < -0.4 is 5.32 Å². The smallest absolute Gasteiger partial charge is 0.0404 e. The predicted molar refractivity (Wildman–Crippen MR) is 56.8 cm³/mol. The van der Waals surface area contributed by atoms with Crippen LogP contribution in [0.5, 0.6) is 0 Å². The van der Waals surface area contributed by atoms with E-state index < -0.39 is 0 Å². The van der Waals surface area contributed by atoms with E-state index in [2.05, 4.69) is 39.1 Å². The third kappa shape index (κ3) is 5.62. The summed E-state index contributed by atoms with van der Waals surface area (Å²) in [6.07, 6.45) is 4.03. The molecule has 0 aliphatic heterocycles. The summed E-state index contributed by atoms with van der Waals surface area (Å²) >= 11 is 5.49. The number of rotatable bonds is 4. The molecule has 1 unspecified atom stereocenters. The quantitative estimate of drug-likeness (QED) is 0.530. The van der Waals surface area contributed by atoms with Gasteiger partial charge in [0.05, 0.1) is 0 Å². The molecule has 2 heteroatoms. The summed E-state index contributed by atoms with van der Waals surface area (Å²) in [7, 11) is 0. The van der Waals surface area contributed by atoms with E-state index in [9.17, 15) is 0 Å². The van der Waals surface area contributed by atoms with Crippen LogP contribution in [0, 0.1) is 5.41 Å². The SMILES string of the molecule is CC(NC/C=C/CCl)C(C)(C)C. The molecule has 72 valence electrons. The van der Waals surface area contributed by atoms with Crippen LogP contribution in [0.3, 0.4) is 0 Å². The van der Waals surface area contributed by atoms with Crippen LogP contribution in [0.1, 0.15) is 27.7 Å². The zero-order valence-electron chi connectivity index (χ0n) is 8.52. The highest BCUT2D eigenvalue weighted by Crippen LogP contribution is 2.17. The highest BCUT2D eigenvalue weighted by Gasteiger charge is 2.18. The number of allylic oxidation sites excluding steroid dienone is 1. The number of nitrogens with one attached hydrogen (secondary N) is 1. The van der Waals surface area contributed by atoms with E-state index in [4.69, 9.17) is 11.6 Å². The van der Waals surface area contributed by atoms with Gasteiger partial charge in [0.25, 0.3) is 0 Å². The van der Waals surface area contributed by atoms with Crippen LogP contribution in [-0.4, -0.2) is 18.5 Å². The van der Waals surface area contributed by atoms with Crippen LogP contribution in [0.25, 0.3) is 0 Å². The number of alkyl halides is 1. The maximum atomic E-state index is 5.49. The van der Waals surface area contributed by atoms with Crippen molar-refractivity contribution in [3.8, 4) is 0 Å². The van der Waals surface area contributed by atoms with Crippen molar-refractivity contribution in [2.45, 2.75) is 33.7 Å². The Morgan fingerprint density at radius 3 is 2.33 bits per heavy atom. The summed E-state index contributed by atoms with van der Waals surface area (Å²) in [6, 6.07) is 0.525. The molecule has 0 fully saturated rings. The molecule has 0 aromatic heterocycles. The van der Waals surface area contributed by atoms with E-state index in [1.54, 1.807) is 0 Å². The van der Waals surface area contributed by atoms with Crippen LogP contribution >= 0.6 is 11.6 Å². The molecule has 0 spiro atoms. The molecule has 0 saturated carbocycles. The minimum Gasteiger partial charge on any atom is -0.310 e. The van der Waals surface area contributed by atoms with Crippen molar-refractivity contribution in [3.63, 3.8) is 0 Å². The number of halogens is 1. The van der Waals surface area contributed by atoms with Crippen molar-refractivity contribution in [1.29, 1.82) is 0 Å². The first-order chi connectivity index (χ1) is 5.48. The molecule has 0 aliphatic carbocycles. The van der Waals surface area contributed by atoms with Gasteiger partial charge in [-0.15, -0.1) is 11.6 Å². The van der Waals surface area contributed by atoms with Crippen molar-refractivity contribution >= 4 is 11.6 Å². The minimum atomic E-state index is 0.328. The maximum absolute atomic E-state index is 5.49. The van der Waals surface area contributed by atoms with Gasteiger partial charge in [0, 0.05) is 18.5 Å². The molecule has 1 atom stereocenters. The first kappa shape index (κ1) is 12.0. The van der Waals surface area contributed by atoms with Crippen LogP contribution in [0.15, 0.2) is 12.2 Å². The van der Waals surface area contributed by atoms with Crippen molar-refractivity contribution in [3.05, 3.63) is 12.2 Å². The molecule has 12 heavy (non-hydrogen) atoms. The molecule has 0 saturated heterocycles. The molecule has 0 aromatic carbocycles. The van der Waals surface area contributed by atoms with Gasteiger partial charge in [0.2, 0.25) is 0 Å². The van der Waals surface area contributed by atoms with Crippen molar-refractivity contribution in [1.82, 2.24) is 5.32 Å². The molecule has 0 rings (SSSR count). The second-order valence-corrected chi connectivity index (χ2v) is 4.43. The lowest BCUT2D eigenvalue weighted by Gasteiger charge is -2.27. The first-order valence-electron chi connectivity index (χ1n) is 4.43. The molecule has 0 bridgehead atoms. The predicted octanol–water partition coefficient (Wildman–Crippen LogP) is 2.81. The molecular weight excluding hydrogens is 170 g/mol. The van der Waals surface area contributed by atoms with E-state index in [0.717, 1.165) is 6.54 Å². The first-order valence-corrected chi connectivity index (χ1v) is 4.96. The Hall–Kier alpha value is -0.0100. The van der Waals surface area contributed by atoms with Crippen LogP contribution in [-0.2, 0) is 0 Å². The highest BCUT2D eigenvalue weighted by atomic mass is 35.5. The summed E-state index contributed by atoms with van der Waals surface area (Å²) in [4.78, 5) is 0. The fourth-order valence-corrected chi connectivity index (χ4v) is 0.823. The minimum absolute atomic E-state index is 0.328. The summed E-state index contributed by atoms with van der Waals surface area (Å²) in [5.41, 5.74) is 0.328. The van der Waals surface area contributed by atoms with E-state index in [1.165, 1.54) is 0 Å². The Morgan fingerprint density at radius 2 is 1.92 bits per heavy atom. The van der Waals surface area contributed by atoms with Gasteiger partial charge in [-0.25, -0.2) is 0 Å². The second kappa shape index (κ2) is 5.60. The lowest BCUT2D eigenvalue weighted by molar-refractivity contribution is 0.294. The molecule has 0 aliphatic rings. The van der Waals surface area contributed by atoms with E-state index in [0.29, 0.717) is 17.3 Å². The third-order valence-electron chi connectivity index (χ3n) is 2.10. The lowest BCUT2D eigenvalue weighted by atomic mass is 9.88. The Bertz CT molecular complexity index is 135. The third-order valence-corrected chi connectivity index (χ3v) is 2.27. The molecule has 1 N–H and O–H groups in total. The maximum Gasteiger partial charge on any atom is 0.0404 e. The summed E-state index contributed by atoms with van der Waals surface area (Å²) in [6.45, 7) is 9.81. The zero-order valence-corrected chi connectivity index (χ0v) is 9.28. The molecular formula is C10H20ClN. The van der Waals surface area contributed by atoms with Crippen LogP contribution in [0.4, 0.5) is 0 Å². The molecule has 0 heterocycles. The van der Waals surface area contributed by atoms with Gasteiger partial charge < -0.3 is 5.32 Å². The van der Waals surface area contributed by atoms with Gasteiger partial charge in [-0.2, -0.15) is 0 Å². The van der Waals surface area contributed by atoms with Gasteiger partial charge in [-0.05, 0) is 12.3 Å². The Kier molecular flexibility index (Phi) is 5.60. The van der Waals surface area contributed by atoms with Gasteiger partial charge in [-0.3, -0.25) is 0 Å².